The van der Waals surface area contributed by atoms with Gasteiger partial charge in [-0.05, 0) is 6.07 Å². The first-order chi connectivity index (χ1) is 5.90. The normalized spacial score (nSPS) is 10.4. The summed E-state index contributed by atoms with van der Waals surface area (Å²) in [5, 5.41) is 3.11. The fraction of sp³-hybridized carbons (Fsp3) is 0.125. The minimum absolute atomic E-state index is 0.717. The van der Waals surface area contributed by atoms with E-state index in [-0.39, 0.29) is 0 Å². The van der Waals surface area contributed by atoms with Gasteiger partial charge in [0.15, 0.2) is 0 Å². The molecule has 12 heavy (non-hydrogen) atoms. The van der Waals surface area contributed by atoms with E-state index in [9.17, 15) is 0 Å². The molecular formula is C8H8N2S2. The lowest BCUT2D eigenvalue weighted by Crippen LogP contribution is -1.76. The highest BCUT2D eigenvalue weighted by Crippen LogP contribution is 2.21. The molecule has 0 aliphatic carbocycles. The predicted molar refractivity (Wildman–Crippen MR) is 54.6 cm³/mol. The van der Waals surface area contributed by atoms with Crippen molar-refractivity contribution in [3.05, 3.63) is 28.8 Å². The summed E-state index contributed by atoms with van der Waals surface area (Å²) in [5.74, 6) is 0.717. The van der Waals surface area contributed by atoms with E-state index in [1.807, 2.05) is 18.5 Å². The molecule has 2 nitrogen and oxygen atoms in total. The number of rotatable bonds is 2. The van der Waals surface area contributed by atoms with Gasteiger partial charge in [0.1, 0.15) is 5.01 Å². The van der Waals surface area contributed by atoms with Crippen LogP contribution in [0.3, 0.4) is 0 Å². The Labute approximate surface area is 80.1 Å². The molecule has 4 heteroatoms. The Morgan fingerprint density at radius 3 is 3.08 bits per heavy atom. The van der Waals surface area contributed by atoms with Gasteiger partial charge < -0.3 is 4.98 Å². The molecule has 62 valence electrons. The third-order valence-corrected chi connectivity index (χ3v) is 2.94. The summed E-state index contributed by atoms with van der Waals surface area (Å²) in [7, 11) is 0. The van der Waals surface area contributed by atoms with E-state index < -0.39 is 0 Å². The molecule has 0 radical (unpaired) electrons. The molecule has 2 aromatic heterocycles. The summed E-state index contributed by atoms with van der Waals surface area (Å²) in [6.07, 6.45) is 3.84. The molecule has 0 saturated heterocycles. The topological polar surface area (TPSA) is 28.7 Å². The van der Waals surface area contributed by atoms with Crippen molar-refractivity contribution in [2.75, 3.05) is 0 Å². The number of nitrogens with zero attached hydrogens (tertiary/aromatic N) is 1. The van der Waals surface area contributed by atoms with Crippen molar-refractivity contribution >= 4 is 24.0 Å². The minimum atomic E-state index is 0.717. The second kappa shape index (κ2) is 3.33. The van der Waals surface area contributed by atoms with Gasteiger partial charge in [0, 0.05) is 29.1 Å². The lowest BCUT2D eigenvalue weighted by atomic mass is 10.3. The van der Waals surface area contributed by atoms with E-state index >= 15 is 0 Å². The van der Waals surface area contributed by atoms with E-state index in [1.54, 1.807) is 11.3 Å². The van der Waals surface area contributed by atoms with E-state index in [0.717, 1.165) is 22.0 Å². The van der Waals surface area contributed by atoms with Crippen LogP contribution in [0.2, 0.25) is 0 Å². The van der Waals surface area contributed by atoms with Crippen molar-refractivity contribution in [2.45, 2.75) is 5.75 Å². The van der Waals surface area contributed by atoms with Gasteiger partial charge in [0.25, 0.3) is 0 Å². The van der Waals surface area contributed by atoms with Crippen LogP contribution < -0.4 is 0 Å². The van der Waals surface area contributed by atoms with Crippen molar-refractivity contribution in [3.8, 4) is 11.3 Å². The number of H-pyrrole nitrogens is 1. The molecule has 0 bridgehead atoms. The molecule has 2 heterocycles. The van der Waals surface area contributed by atoms with Crippen LogP contribution in [-0.4, -0.2) is 9.97 Å². The van der Waals surface area contributed by atoms with Gasteiger partial charge in [-0.15, -0.1) is 11.3 Å². The van der Waals surface area contributed by atoms with Gasteiger partial charge in [0.05, 0.1) is 5.69 Å². The van der Waals surface area contributed by atoms with Gasteiger partial charge >= 0.3 is 0 Å². The third kappa shape index (κ3) is 1.40. The second-order valence-electron chi connectivity index (χ2n) is 2.38. The molecular weight excluding hydrogens is 188 g/mol. The number of thiazole rings is 1. The van der Waals surface area contributed by atoms with Crippen LogP contribution in [0.5, 0.6) is 0 Å². The van der Waals surface area contributed by atoms with Crippen LogP contribution in [-0.2, 0) is 5.75 Å². The first-order valence-corrected chi connectivity index (χ1v) is 5.10. The fourth-order valence-electron chi connectivity index (χ4n) is 0.999. The van der Waals surface area contributed by atoms with Crippen LogP contribution in [0.15, 0.2) is 23.8 Å². The Morgan fingerprint density at radius 2 is 2.50 bits per heavy atom. The Bertz CT molecular complexity index is 351. The number of hydrogen-bond donors (Lipinski definition) is 2. The monoisotopic (exact) mass is 196 g/mol. The molecule has 2 rings (SSSR count). The van der Waals surface area contributed by atoms with E-state index in [0.29, 0.717) is 0 Å². The summed E-state index contributed by atoms with van der Waals surface area (Å²) in [6, 6.07) is 2.01. The SMILES string of the molecule is SCc1nc(-c2cc[nH]c2)cs1. The standard InChI is InChI=1S/C8H8N2S2/c11-4-8-10-7(5-12-8)6-1-2-9-3-6/h1-3,5,9,11H,4H2. The smallest absolute Gasteiger partial charge is 0.103 e. The Balaban J connectivity index is 2.35. The van der Waals surface area contributed by atoms with Crippen molar-refractivity contribution in [1.82, 2.24) is 9.97 Å². The summed E-state index contributed by atoms with van der Waals surface area (Å²) in [5.41, 5.74) is 2.17. The van der Waals surface area contributed by atoms with Crippen molar-refractivity contribution in [1.29, 1.82) is 0 Å². The van der Waals surface area contributed by atoms with Crippen LogP contribution in [0.1, 0.15) is 5.01 Å². The molecule has 0 saturated carbocycles. The zero-order valence-corrected chi connectivity index (χ0v) is 8.03. The zero-order chi connectivity index (χ0) is 8.39. The van der Waals surface area contributed by atoms with Crippen molar-refractivity contribution in [2.24, 2.45) is 0 Å². The summed E-state index contributed by atoms with van der Waals surface area (Å²) < 4.78 is 0. The Kier molecular flexibility index (Phi) is 2.19. The second-order valence-corrected chi connectivity index (χ2v) is 3.64. The van der Waals surface area contributed by atoms with Crippen LogP contribution in [0, 0.1) is 0 Å². The molecule has 0 aliphatic heterocycles. The number of thiol groups is 1. The van der Waals surface area contributed by atoms with Gasteiger partial charge in [-0.25, -0.2) is 4.98 Å². The zero-order valence-electron chi connectivity index (χ0n) is 6.32. The highest BCUT2D eigenvalue weighted by Gasteiger charge is 2.02. The highest BCUT2D eigenvalue weighted by molar-refractivity contribution is 7.79. The van der Waals surface area contributed by atoms with Gasteiger partial charge in [-0.3, -0.25) is 0 Å². The van der Waals surface area contributed by atoms with E-state index in [1.165, 1.54) is 0 Å². The van der Waals surface area contributed by atoms with Crippen molar-refractivity contribution < 1.29 is 0 Å². The third-order valence-electron chi connectivity index (χ3n) is 1.58. The molecule has 0 amide bonds. The largest absolute Gasteiger partial charge is 0.367 e. The van der Waals surface area contributed by atoms with Crippen LogP contribution in [0.25, 0.3) is 11.3 Å². The first-order valence-electron chi connectivity index (χ1n) is 3.58. The number of aromatic nitrogens is 2. The first kappa shape index (κ1) is 7.89. The maximum Gasteiger partial charge on any atom is 0.103 e. The van der Waals surface area contributed by atoms with Crippen LogP contribution >= 0.6 is 24.0 Å². The predicted octanol–water partition coefficient (Wildman–Crippen LogP) is 2.57. The minimum Gasteiger partial charge on any atom is -0.367 e. The number of hydrogen-bond acceptors (Lipinski definition) is 3. The summed E-state index contributed by atoms with van der Waals surface area (Å²) in [6.45, 7) is 0. The molecule has 0 atom stereocenters. The Hall–Kier alpha value is -0.740. The lowest BCUT2D eigenvalue weighted by molar-refractivity contribution is 1.28. The number of nitrogens with one attached hydrogen (secondary N) is 1. The molecule has 0 aliphatic rings. The maximum absolute atomic E-state index is 4.39. The van der Waals surface area contributed by atoms with E-state index in [2.05, 4.69) is 28.0 Å². The average Bonchev–Trinajstić information content (AvgIpc) is 2.75. The number of aromatic amines is 1. The maximum atomic E-state index is 4.39. The Morgan fingerprint density at radius 1 is 1.58 bits per heavy atom. The molecule has 2 aromatic rings. The van der Waals surface area contributed by atoms with Crippen LogP contribution in [0.4, 0.5) is 0 Å². The molecule has 0 spiro atoms. The average molecular weight is 196 g/mol. The lowest BCUT2D eigenvalue weighted by Gasteiger charge is -1.86. The van der Waals surface area contributed by atoms with E-state index in [4.69, 9.17) is 0 Å². The molecule has 0 fully saturated rings. The summed E-state index contributed by atoms with van der Waals surface area (Å²) >= 11 is 5.81. The van der Waals surface area contributed by atoms with Gasteiger partial charge in [-0.2, -0.15) is 12.6 Å². The fourth-order valence-corrected chi connectivity index (χ4v) is 1.96. The molecule has 0 unspecified atom stereocenters. The highest BCUT2D eigenvalue weighted by atomic mass is 32.1. The molecule has 0 aromatic carbocycles. The molecule has 1 N–H and O–H groups in total. The summed E-state index contributed by atoms with van der Waals surface area (Å²) in [4.78, 5) is 7.39. The van der Waals surface area contributed by atoms with Gasteiger partial charge in [-0.1, -0.05) is 0 Å². The van der Waals surface area contributed by atoms with Crippen molar-refractivity contribution in [3.63, 3.8) is 0 Å². The van der Waals surface area contributed by atoms with Gasteiger partial charge in [0.2, 0.25) is 0 Å². The quantitative estimate of drug-likeness (QED) is 0.710.